The van der Waals surface area contributed by atoms with Gasteiger partial charge in [0.15, 0.2) is 0 Å². The number of aromatic nitrogens is 1. The number of carbonyl (C=O) groups is 1. The highest BCUT2D eigenvalue weighted by atomic mass is 16.5. The predicted molar refractivity (Wildman–Crippen MR) is 77.5 cm³/mol. The highest BCUT2D eigenvalue weighted by Gasteiger charge is 2.05. The molecule has 0 spiro atoms. The Hall–Kier alpha value is -2.40. The number of methoxy groups -OCH3 is 1. The Morgan fingerprint density at radius 2 is 1.90 bits per heavy atom. The van der Waals surface area contributed by atoms with Gasteiger partial charge in [0, 0.05) is 12.7 Å². The minimum absolute atomic E-state index is 0.108. The molecule has 104 valence electrons. The molecule has 5 heteroatoms. The van der Waals surface area contributed by atoms with Gasteiger partial charge >= 0.3 is 0 Å². The van der Waals surface area contributed by atoms with Gasteiger partial charge in [-0.2, -0.15) is 0 Å². The summed E-state index contributed by atoms with van der Waals surface area (Å²) in [5, 5.41) is 2.75. The molecule has 0 fully saturated rings. The van der Waals surface area contributed by atoms with E-state index in [2.05, 4.69) is 10.3 Å². The van der Waals surface area contributed by atoms with Gasteiger partial charge in [0.2, 0.25) is 5.91 Å². The van der Waals surface area contributed by atoms with E-state index in [4.69, 9.17) is 10.5 Å². The van der Waals surface area contributed by atoms with E-state index < -0.39 is 0 Å². The zero-order chi connectivity index (χ0) is 14.4. The van der Waals surface area contributed by atoms with E-state index in [-0.39, 0.29) is 5.91 Å². The number of rotatable bonds is 5. The van der Waals surface area contributed by atoms with Crippen LogP contribution in [0, 0.1) is 0 Å². The van der Waals surface area contributed by atoms with Crippen molar-refractivity contribution in [2.45, 2.75) is 13.0 Å². The van der Waals surface area contributed by atoms with E-state index >= 15 is 0 Å². The molecule has 0 radical (unpaired) electrons. The minimum Gasteiger partial charge on any atom is -0.497 e. The molecule has 0 bridgehead atoms. The number of amides is 1. The molecule has 0 unspecified atom stereocenters. The zero-order valence-electron chi connectivity index (χ0n) is 11.3. The molecule has 20 heavy (non-hydrogen) atoms. The van der Waals surface area contributed by atoms with Crippen LogP contribution in [0.25, 0.3) is 0 Å². The first-order valence-corrected chi connectivity index (χ1v) is 6.29. The monoisotopic (exact) mass is 271 g/mol. The van der Waals surface area contributed by atoms with Crippen molar-refractivity contribution in [2.75, 3.05) is 12.4 Å². The summed E-state index contributed by atoms with van der Waals surface area (Å²) in [5.74, 6) is 1.19. The smallest absolute Gasteiger partial charge is 0.229 e. The number of ether oxygens (including phenoxy) is 1. The van der Waals surface area contributed by atoms with E-state index in [9.17, 15) is 4.79 Å². The number of nitrogens with zero attached hydrogens (tertiary/aromatic N) is 1. The van der Waals surface area contributed by atoms with E-state index in [1.54, 1.807) is 19.4 Å². The van der Waals surface area contributed by atoms with Gasteiger partial charge in [-0.05, 0) is 29.3 Å². The van der Waals surface area contributed by atoms with Crippen LogP contribution in [-0.4, -0.2) is 18.0 Å². The summed E-state index contributed by atoms with van der Waals surface area (Å²) < 4.78 is 5.07. The molecule has 0 saturated heterocycles. The maximum absolute atomic E-state index is 11.9. The number of hydrogen-bond donors (Lipinski definition) is 2. The van der Waals surface area contributed by atoms with Crippen molar-refractivity contribution < 1.29 is 9.53 Å². The average molecular weight is 271 g/mol. The molecule has 0 atom stereocenters. The first-order valence-electron chi connectivity index (χ1n) is 6.29. The number of carbonyl (C=O) groups excluding carboxylic acids is 1. The van der Waals surface area contributed by atoms with Crippen molar-refractivity contribution in [1.29, 1.82) is 0 Å². The Labute approximate surface area is 117 Å². The van der Waals surface area contributed by atoms with E-state index in [1.807, 2.05) is 30.3 Å². The van der Waals surface area contributed by atoms with Crippen molar-refractivity contribution in [3.63, 3.8) is 0 Å². The molecule has 0 aliphatic heterocycles. The summed E-state index contributed by atoms with van der Waals surface area (Å²) >= 11 is 0. The Morgan fingerprint density at radius 3 is 2.45 bits per heavy atom. The van der Waals surface area contributed by atoms with E-state index in [1.165, 1.54) is 0 Å². The summed E-state index contributed by atoms with van der Waals surface area (Å²) in [6.07, 6.45) is 1.95. The second kappa shape index (κ2) is 6.68. The lowest BCUT2D eigenvalue weighted by Crippen LogP contribution is -2.15. The quantitative estimate of drug-likeness (QED) is 0.868. The van der Waals surface area contributed by atoms with Gasteiger partial charge in [0.05, 0.1) is 13.5 Å². The number of nitrogens with one attached hydrogen (secondary N) is 1. The largest absolute Gasteiger partial charge is 0.497 e. The average Bonchev–Trinajstić information content (AvgIpc) is 2.49. The standard InChI is InChI=1S/C15H17N3O2/c1-20-13-5-2-11(3-6-13)8-15(19)18-14-7-4-12(9-16)10-17-14/h2-7,10H,8-9,16H2,1H3,(H,17,18,19). The molecule has 5 nitrogen and oxygen atoms in total. The van der Waals surface area contributed by atoms with Crippen LogP contribution in [0.5, 0.6) is 5.75 Å². The van der Waals surface area contributed by atoms with Crippen molar-refractivity contribution in [3.8, 4) is 5.75 Å². The number of anilines is 1. The van der Waals surface area contributed by atoms with Crippen molar-refractivity contribution >= 4 is 11.7 Å². The minimum atomic E-state index is -0.108. The molecule has 1 aromatic carbocycles. The van der Waals surface area contributed by atoms with Gasteiger partial charge < -0.3 is 15.8 Å². The lowest BCUT2D eigenvalue weighted by Gasteiger charge is -2.06. The highest BCUT2D eigenvalue weighted by molar-refractivity contribution is 5.91. The van der Waals surface area contributed by atoms with Crippen molar-refractivity contribution in [1.82, 2.24) is 4.98 Å². The molecule has 2 aromatic rings. The normalized spacial score (nSPS) is 10.1. The highest BCUT2D eigenvalue weighted by Crippen LogP contribution is 2.12. The molecule has 1 amide bonds. The first-order chi connectivity index (χ1) is 9.71. The van der Waals surface area contributed by atoms with Crippen LogP contribution >= 0.6 is 0 Å². The molecule has 0 aliphatic carbocycles. The van der Waals surface area contributed by atoms with Crippen LogP contribution in [0.4, 0.5) is 5.82 Å². The van der Waals surface area contributed by atoms with Crippen molar-refractivity contribution in [3.05, 3.63) is 53.7 Å². The van der Waals surface area contributed by atoms with E-state index in [0.29, 0.717) is 18.8 Å². The predicted octanol–water partition coefficient (Wildman–Crippen LogP) is 1.73. The fraction of sp³-hybridized carbons (Fsp3) is 0.200. The van der Waals surface area contributed by atoms with Crippen LogP contribution in [0.2, 0.25) is 0 Å². The fourth-order valence-corrected chi connectivity index (χ4v) is 1.74. The molecule has 1 heterocycles. The SMILES string of the molecule is COc1ccc(CC(=O)Nc2ccc(CN)cn2)cc1. The van der Waals surface area contributed by atoms with Crippen LogP contribution < -0.4 is 15.8 Å². The zero-order valence-corrected chi connectivity index (χ0v) is 11.3. The maximum Gasteiger partial charge on any atom is 0.229 e. The molecular weight excluding hydrogens is 254 g/mol. The van der Waals surface area contributed by atoms with Crippen LogP contribution in [0.15, 0.2) is 42.6 Å². The Morgan fingerprint density at radius 1 is 1.20 bits per heavy atom. The van der Waals surface area contributed by atoms with Crippen molar-refractivity contribution in [2.24, 2.45) is 5.73 Å². The Bertz CT molecular complexity index is 513. The van der Waals surface area contributed by atoms with Crippen LogP contribution in [-0.2, 0) is 17.8 Å². The molecule has 0 aliphatic rings. The van der Waals surface area contributed by atoms with Gasteiger partial charge in [0.1, 0.15) is 11.6 Å². The molecular formula is C15H17N3O2. The van der Waals surface area contributed by atoms with Gasteiger partial charge in [-0.25, -0.2) is 4.98 Å². The number of hydrogen-bond acceptors (Lipinski definition) is 4. The lowest BCUT2D eigenvalue weighted by molar-refractivity contribution is -0.115. The van der Waals surface area contributed by atoms with Crippen LogP contribution in [0.1, 0.15) is 11.1 Å². The number of nitrogens with two attached hydrogens (primary N) is 1. The van der Waals surface area contributed by atoms with Gasteiger partial charge in [-0.15, -0.1) is 0 Å². The van der Waals surface area contributed by atoms with Gasteiger partial charge in [0.25, 0.3) is 0 Å². The topological polar surface area (TPSA) is 77.2 Å². The second-order valence-corrected chi connectivity index (χ2v) is 4.33. The molecule has 0 saturated carbocycles. The third-order valence-corrected chi connectivity index (χ3v) is 2.85. The number of pyridine rings is 1. The fourth-order valence-electron chi connectivity index (χ4n) is 1.74. The molecule has 3 N–H and O–H groups in total. The summed E-state index contributed by atoms with van der Waals surface area (Å²) in [5.41, 5.74) is 7.34. The summed E-state index contributed by atoms with van der Waals surface area (Å²) in [6, 6.07) is 11.0. The lowest BCUT2D eigenvalue weighted by atomic mass is 10.1. The first kappa shape index (κ1) is 14.0. The summed E-state index contributed by atoms with van der Waals surface area (Å²) in [7, 11) is 1.61. The maximum atomic E-state index is 11.9. The summed E-state index contributed by atoms with van der Waals surface area (Å²) in [6.45, 7) is 0.438. The second-order valence-electron chi connectivity index (χ2n) is 4.33. The summed E-state index contributed by atoms with van der Waals surface area (Å²) in [4.78, 5) is 16.0. The number of benzene rings is 1. The third kappa shape index (κ3) is 3.80. The Kier molecular flexibility index (Phi) is 4.68. The van der Waals surface area contributed by atoms with Gasteiger partial charge in [-0.1, -0.05) is 18.2 Å². The molecule has 2 rings (SSSR count). The van der Waals surface area contributed by atoms with Crippen LogP contribution in [0.3, 0.4) is 0 Å². The van der Waals surface area contributed by atoms with E-state index in [0.717, 1.165) is 16.9 Å². The third-order valence-electron chi connectivity index (χ3n) is 2.85. The Balaban J connectivity index is 1.93. The molecule has 1 aromatic heterocycles. The van der Waals surface area contributed by atoms with Gasteiger partial charge in [-0.3, -0.25) is 4.79 Å².